The zero-order valence-electron chi connectivity index (χ0n) is 14.3. The van der Waals surface area contributed by atoms with Crippen molar-refractivity contribution in [2.75, 3.05) is 7.11 Å². The molecule has 2 amide bonds. The van der Waals surface area contributed by atoms with E-state index < -0.39 is 11.0 Å². The van der Waals surface area contributed by atoms with Gasteiger partial charge in [-0.15, -0.1) is 0 Å². The molecular formula is C17H18N4O5. The molecular weight excluding hydrogens is 340 g/mol. The SMILES string of the molecule is COc1cc(/C=N\NC(N)=O)cc([N+](=O)[O-])c1OCc1cccc(C)c1. The van der Waals surface area contributed by atoms with Gasteiger partial charge in [-0.1, -0.05) is 29.8 Å². The summed E-state index contributed by atoms with van der Waals surface area (Å²) in [6, 6.07) is 9.54. The molecule has 0 saturated carbocycles. The molecule has 9 nitrogen and oxygen atoms in total. The maximum Gasteiger partial charge on any atom is 0.332 e. The number of nitrogens with zero attached hydrogens (tertiary/aromatic N) is 2. The molecule has 0 unspecified atom stereocenters. The summed E-state index contributed by atoms with van der Waals surface area (Å²) in [6.45, 7) is 2.09. The Kier molecular flexibility index (Phi) is 6.10. The van der Waals surface area contributed by atoms with Crippen LogP contribution in [0.2, 0.25) is 0 Å². The number of primary amides is 1. The summed E-state index contributed by atoms with van der Waals surface area (Å²) in [5, 5.41) is 15.0. The van der Waals surface area contributed by atoms with Crippen LogP contribution < -0.4 is 20.6 Å². The second-order valence-corrected chi connectivity index (χ2v) is 5.34. The van der Waals surface area contributed by atoms with Crippen molar-refractivity contribution in [3.8, 4) is 11.5 Å². The van der Waals surface area contributed by atoms with E-state index in [1.807, 2.05) is 36.6 Å². The van der Waals surface area contributed by atoms with Crippen LogP contribution in [0.15, 0.2) is 41.5 Å². The molecule has 0 aliphatic carbocycles. The molecule has 0 aliphatic heterocycles. The first kappa shape index (κ1) is 18.7. The van der Waals surface area contributed by atoms with Gasteiger partial charge in [0, 0.05) is 11.6 Å². The number of ether oxygens (including phenoxy) is 2. The molecule has 3 N–H and O–H groups in total. The monoisotopic (exact) mass is 358 g/mol. The number of nitro groups is 1. The number of hydrogen-bond acceptors (Lipinski definition) is 6. The Morgan fingerprint density at radius 2 is 2.15 bits per heavy atom. The summed E-state index contributed by atoms with van der Waals surface area (Å²) < 4.78 is 10.9. The minimum absolute atomic E-state index is 0.0130. The third-order valence-electron chi connectivity index (χ3n) is 3.33. The highest BCUT2D eigenvalue weighted by Crippen LogP contribution is 2.38. The van der Waals surface area contributed by atoms with E-state index in [1.54, 1.807) is 0 Å². The van der Waals surface area contributed by atoms with Gasteiger partial charge in [-0.25, -0.2) is 10.2 Å². The number of hydrogen-bond donors (Lipinski definition) is 2. The lowest BCUT2D eigenvalue weighted by Crippen LogP contribution is -2.24. The molecule has 0 heterocycles. The molecule has 0 atom stereocenters. The number of urea groups is 1. The number of nitrogens with one attached hydrogen (secondary N) is 1. The van der Waals surface area contributed by atoms with Gasteiger partial charge in [0.1, 0.15) is 6.61 Å². The van der Waals surface area contributed by atoms with Crippen molar-refractivity contribution in [1.82, 2.24) is 5.43 Å². The van der Waals surface area contributed by atoms with Gasteiger partial charge in [-0.05, 0) is 18.6 Å². The molecule has 9 heteroatoms. The minimum atomic E-state index is -0.846. The summed E-state index contributed by atoms with van der Waals surface area (Å²) in [5.74, 6) is 0.186. The first-order valence-electron chi connectivity index (χ1n) is 7.54. The number of methoxy groups -OCH3 is 1. The highest BCUT2D eigenvalue weighted by Gasteiger charge is 2.22. The topological polar surface area (TPSA) is 129 Å². The smallest absolute Gasteiger partial charge is 0.332 e. The lowest BCUT2D eigenvalue weighted by molar-refractivity contribution is -0.386. The third kappa shape index (κ3) is 4.94. The Morgan fingerprint density at radius 1 is 1.38 bits per heavy atom. The summed E-state index contributed by atoms with van der Waals surface area (Å²) in [6.07, 6.45) is 1.21. The Bertz CT molecular complexity index is 851. The molecule has 0 bridgehead atoms. The molecule has 0 aliphatic rings. The van der Waals surface area contributed by atoms with E-state index in [9.17, 15) is 14.9 Å². The maximum absolute atomic E-state index is 11.4. The van der Waals surface area contributed by atoms with Crippen molar-refractivity contribution in [1.29, 1.82) is 0 Å². The first-order valence-corrected chi connectivity index (χ1v) is 7.54. The van der Waals surface area contributed by atoms with E-state index >= 15 is 0 Å². The normalized spacial score (nSPS) is 10.5. The predicted molar refractivity (Wildman–Crippen MR) is 95.5 cm³/mol. The van der Waals surface area contributed by atoms with Crippen LogP contribution in [-0.4, -0.2) is 24.3 Å². The van der Waals surface area contributed by atoms with Gasteiger partial charge < -0.3 is 15.2 Å². The fourth-order valence-electron chi connectivity index (χ4n) is 2.24. The van der Waals surface area contributed by atoms with E-state index in [1.165, 1.54) is 25.5 Å². The van der Waals surface area contributed by atoms with Gasteiger partial charge in [-0.3, -0.25) is 10.1 Å². The van der Waals surface area contributed by atoms with Gasteiger partial charge in [0.15, 0.2) is 5.75 Å². The number of rotatable bonds is 7. The Balaban J connectivity index is 2.32. The Labute approximate surface area is 149 Å². The summed E-state index contributed by atoms with van der Waals surface area (Å²) in [4.78, 5) is 21.5. The summed E-state index contributed by atoms with van der Waals surface area (Å²) >= 11 is 0. The Morgan fingerprint density at radius 3 is 2.77 bits per heavy atom. The van der Waals surface area contributed by atoms with Gasteiger partial charge in [0.05, 0.1) is 18.2 Å². The number of carbonyl (C=O) groups excluding carboxylic acids is 1. The largest absolute Gasteiger partial charge is 0.493 e. The van der Waals surface area contributed by atoms with Crippen LogP contribution in [0, 0.1) is 17.0 Å². The minimum Gasteiger partial charge on any atom is -0.493 e. The number of amides is 2. The van der Waals surface area contributed by atoms with E-state index in [0.29, 0.717) is 5.56 Å². The summed E-state index contributed by atoms with van der Waals surface area (Å²) in [7, 11) is 1.38. The highest BCUT2D eigenvalue weighted by molar-refractivity contribution is 5.84. The molecule has 2 aromatic carbocycles. The average molecular weight is 358 g/mol. The van der Waals surface area contributed by atoms with Crippen molar-refractivity contribution < 1.29 is 19.2 Å². The van der Waals surface area contributed by atoms with Gasteiger partial charge in [0.2, 0.25) is 5.75 Å². The van der Waals surface area contributed by atoms with Crippen LogP contribution in [0.4, 0.5) is 10.5 Å². The molecule has 0 radical (unpaired) electrons. The van der Waals surface area contributed by atoms with Gasteiger partial charge >= 0.3 is 11.7 Å². The standard InChI is InChI=1S/C17H18N4O5/c1-11-4-3-5-12(6-11)10-26-16-14(21(23)24)7-13(8-15(16)25-2)9-19-20-17(18)22/h3-9H,10H2,1-2H3,(H3,18,20,22)/b19-9-. The lowest BCUT2D eigenvalue weighted by atomic mass is 10.1. The molecule has 0 saturated heterocycles. The second kappa shape index (κ2) is 8.47. The van der Waals surface area contributed by atoms with E-state index in [2.05, 4.69) is 5.10 Å². The Hall–Kier alpha value is -3.62. The quantitative estimate of drug-likeness (QED) is 0.446. The predicted octanol–water partition coefficient (Wildman–Crippen LogP) is 2.49. The number of carbonyl (C=O) groups is 1. The van der Waals surface area contributed by atoms with Crippen molar-refractivity contribution in [2.24, 2.45) is 10.8 Å². The van der Waals surface area contributed by atoms with Crippen LogP contribution in [0.3, 0.4) is 0 Å². The number of hydrazone groups is 1. The van der Waals surface area contributed by atoms with Crippen LogP contribution in [0.5, 0.6) is 11.5 Å². The fraction of sp³-hybridized carbons (Fsp3) is 0.176. The zero-order chi connectivity index (χ0) is 19.1. The summed E-state index contributed by atoms with van der Waals surface area (Å²) in [5.41, 5.74) is 8.90. The molecule has 0 aromatic heterocycles. The lowest BCUT2D eigenvalue weighted by Gasteiger charge is -2.12. The van der Waals surface area contributed by atoms with Crippen molar-refractivity contribution in [2.45, 2.75) is 13.5 Å². The number of nitrogens with two attached hydrogens (primary N) is 1. The molecule has 0 fully saturated rings. The van der Waals surface area contributed by atoms with Crippen molar-refractivity contribution in [3.63, 3.8) is 0 Å². The molecule has 0 spiro atoms. The van der Waals surface area contributed by atoms with Gasteiger partial charge in [-0.2, -0.15) is 5.10 Å². The van der Waals surface area contributed by atoms with Crippen LogP contribution in [0.1, 0.15) is 16.7 Å². The van der Waals surface area contributed by atoms with E-state index in [4.69, 9.17) is 15.2 Å². The average Bonchev–Trinajstić information content (AvgIpc) is 2.59. The molecule has 26 heavy (non-hydrogen) atoms. The van der Waals surface area contributed by atoms with Crippen molar-refractivity contribution >= 4 is 17.9 Å². The van der Waals surface area contributed by atoms with Crippen LogP contribution in [0.25, 0.3) is 0 Å². The van der Waals surface area contributed by atoms with E-state index in [-0.39, 0.29) is 23.8 Å². The fourth-order valence-corrected chi connectivity index (χ4v) is 2.24. The van der Waals surface area contributed by atoms with Crippen LogP contribution >= 0.6 is 0 Å². The zero-order valence-corrected chi connectivity index (χ0v) is 14.3. The highest BCUT2D eigenvalue weighted by atomic mass is 16.6. The third-order valence-corrected chi connectivity index (χ3v) is 3.33. The molecule has 2 aromatic rings. The van der Waals surface area contributed by atoms with Crippen LogP contribution in [-0.2, 0) is 6.61 Å². The maximum atomic E-state index is 11.4. The van der Waals surface area contributed by atoms with Crippen molar-refractivity contribution in [3.05, 3.63) is 63.2 Å². The number of nitro benzene ring substituents is 1. The number of benzene rings is 2. The van der Waals surface area contributed by atoms with E-state index in [0.717, 1.165) is 11.1 Å². The second-order valence-electron chi connectivity index (χ2n) is 5.34. The first-order chi connectivity index (χ1) is 12.4. The molecule has 136 valence electrons. The van der Waals surface area contributed by atoms with Gasteiger partial charge in [0.25, 0.3) is 0 Å². The molecule has 2 rings (SSSR count). The number of aryl methyl sites for hydroxylation is 1.